The first-order valence-corrected chi connectivity index (χ1v) is 12.8. The molecule has 1 unspecified atom stereocenters. The van der Waals surface area contributed by atoms with Gasteiger partial charge in [0, 0.05) is 40.6 Å². The molecule has 8 heteroatoms. The van der Waals surface area contributed by atoms with Gasteiger partial charge in [0.1, 0.15) is 26.6 Å². The van der Waals surface area contributed by atoms with Crippen molar-refractivity contribution in [2.45, 2.75) is 43.0 Å². The van der Waals surface area contributed by atoms with Crippen LogP contribution in [0.1, 0.15) is 54.1 Å². The summed E-state index contributed by atoms with van der Waals surface area (Å²) in [6.45, 7) is 9.29. The van der Waals surface area contributed by atoms with Crippen molar-refractivity contribution in [2.24, 2.45) is 4.99 Å². The van der Waals surface area contributed by atoms with Gasteiger partial charge in [0.05, 0.1) is 16.7 Å². The standard InChI is InChI=1S/C28H25F2IN4O/c1-5-6-11-32-17(4)28(31,21-10-9-20(29)14-23(21)30)22-12-19(25-15(2)35-36-16(25)3)13-24-26(22)34-27(33-24)18-7-8-18/h5-6,9-14,18H,1,7-8H2,2-4H3,(H,33,34)/b11-6-,32-17?. The third kappa shape index (κ3) is 4.21. The van der Waals surface area contributed by atoms with Crippen molar-refractivity contribution in [3.63, 3.8) is 0 Å². The van der Waals surface area contributed by atoms with Crippen LogP contribution < -0.4 is 0 Å². The number of hydrogen-bond acceptors (Lipinski definition) is 4. The average molecular weight is 598 g/mol. The maximum absolute atomic E-state index is 15.4. The van der Waals surface area contributed by atoms with E-state index in [0.717, 1.165) is 58.2 Å². The van der Waals surface area contributed by atoms with Crippen LogP contribution >= 0.6 is 22.6 Å². The van der Waals surface area contributed by atoms with Crippen molar-refractivity contribution in [3.05, 3.63) is 95.3 Å². The summed E-state index contributed by atoms with van der Waals surface area (Å²) < 4.78 is 33.7. The van der Waals surface area contributed by atoms with Crippen LogP contribution in [0, 0.1) is 25.5 Å². The smallest absolute Gasteiger partial charge is 0.141 e. The number of rotatable bonds is 7. The van der Waals surface area contributed by atoms with Crippen LogP contribution in [0.5, 0.6) is 0 Å². The molecule has 0 aliphatic heterocycles. The first-order valence-electron chi connectivity index (χ1n) is 11.7. The Bertz CT molecular complexity index is 1530. The molecule has 1 N–H and O–H groups in total. The molecule has 5 nitrogen and oxygen atoms in total. The Labute approximate surface area is 221 Å². The van der Waals surface area contributed by atoms with Crippen LogP contribution in [0.2, 0.25) is 0 Å². The molecule has 1 saturated carbocycles. The molecule has 5 rings (SSSR count). The van der Waals surface area contributed by atoms with Crippen molar-refractivity contribution >= 4 is 39.3 Å². The van der Waals surface area contributed by atoms with E-state index in [-0.39, 0.29) is 0 Å². The summed E-state index contributed by atoms with van der Waals surface area (Å²) in [6.07, 6.45) is 7.11. The fourth-order valence-electron chi connectivity index (χ4n) is 4.60. The molecule has 0 saturated heterocycles. The highest BCUT2D eigenvalue weighted by molar-refractivity contribution is 14.1. The number of aliphatic imine (C=N–C) groups is 1. The SMILES string of the molecule is C=C/C=C\N=C(C)C(I)(c1ccc(F)cc1F)c1cc(-c2c(C)noc2C)cc2[nH]c(C3CC3)nc12. The molecule has 0 radical (unpaired) electrons. The van der Waals surface area contributed by atoms with Gasteiger partial charge >= 0.3 is 0 Å². The highest BCUT2D eigenvalue weighted by Crippen LogP contribution is 2.48. The van der Waals surface area contributed by atoms with E-state index in [4.69, 9.17) is 9.51 Å². The van der Waals surface area contributed by atoms with Gasteiger partial charge in [-0.2, -0.15) is 0 Å². The summed E-state index contributed by atoms with van der Waals surface area (Å²) >= 11 is 2.22. The third-order valence-corrected chi connectivity index (χ3v) is 8.50. The largest absolute Gasteiger partial charge is 0.361 e. The molecule has 36 heavy (non-hydrogen) atoms. The van der Waals surface area contributed by atoms with Gasteiger partial charge in [-0.1, -0.05) is 46.5 Å². The van der Waals surface area contributed by atoms with Gasteiger partial charge in [-0.05, 0) is 63.5 Å². The zero-order valence-electron chi connectivity index (χ0n) is 20.2. The lowest BCUT2D eigenvalue weighted by Gasteiger charge is -2.30. The Morgan fingerprint density at radius 2 is 2.00 bits per heavy atom. The van der Waals surface area contributed by atoms with Crippen LogP contribution in [0.25, 0.3) is 22.2 Å². The molecular formula is C28H25F2IN4O. The molecule has 0 spiro atoms. The number of aromatic amines is 1. The average Bonchev–Trinajstić information content (AvgIpc) is 3.52. The Hall–Kier alpha value is -3.14. The Morgan fingerprint density at radius 1 is 1.22 bits per heavy atom. The number of allylic oxidation sites excluding steroid dienone is 2. The van der Waals surface area contributed by atoms with Gasteiger partial charge in [0.25, 0.3) is 0 Å². The number of alkyl halides is 1. The zero-order valence-corrected chi connectivity index (χ0v) is 22.4. The molecule has 0 bridgehead atoms. The van der Waals surface area contributed by atoms with Crippen molar-refractivity contribution in [1.29, 1.82) is 0 Å². The molecule has 0 amide bonds. The maximum atomic E-state index is 15.4. The van der Waals surface area contributed by atoms with E-state index in [1.165, 1.54) is 12.1 Å². The second-order valence-electron chi connectivity index (χ2n) is 9.09. The molecule has 2 aromatic heterocycles. The van der Waals surface area contributed by atoms with Crippen molar-refractivity contribution in [1.82, 2.24) is 15.1 Å². The van der Waals surface area contributed by atoms with E-state index < -0.39 is 15.1 Å². The Morgan fingerprint density at radius 3 is 2.64 bits per heavy atom. The van der Waals surface area contributed by atoms with E-state index in [0.29, 0.717) is 23.0 Å². The summed E-state index contributed by atoms with van der Waals surface area (Å²) in [4.78, 5) is 13.1. The van der Waals surface area contributed by atoms with Gasteiger partial charge in [-0.25, -0.2) is 13.8 Å². The molecule has 1 aliphatic carbocycles. The minimum absolute atomic E-state index is 0.297. The first-order chi connectivity index (χ1) is 17.2. The lowest BCUT2D eigenvalue weighted by molar-refractivity contribution is 0.393. The normalized spacial score (nSPS) is 16.1. The van der Waals surface area contributed by atoms with E-state index in [1.54, 1.807) is 18.4 Å². The monoisotopic (exact) mass is 598 g/mol. The lowest BCUT2D eigenvalue weighted by Crippen LogP contribution is -2.30. The van der Waals surface area contributed by atoms with Crippen molar-refractivity contribution in [3.8, 4) is 11.1 Å². The molecule has 1 atom stereocenters. The number of hydrogen-bond donors (Lipinski definition) is 1. The summed E-state index contributed by atoms with van der Waals surface area (Å²) in [5.41, 5.74) is 5.72. The third-order valence-electron chi connectivity index (χ3n) is 6.55. The molecule has 1 fully saturated rings. The number of nitrogens with zero attached hydrogens (tertiary/aromatic N) is 3. The Balaban J connectivity index is 1.86. The zero-order chi connectivity index (χ0) is 25.6. The van der Waals surface area contributed by atoms with Crippen molar-refractivity contribution in [2.75, 3.05) is 0 Å². The van der Waals surface area contributed by atoms with E-state index in [9.17, 15) is 4.39 Å². The second kappa shape index (κ2) is 9.38. The predicted molar refractivity (Wildman–Crippen MR) is 147 cm³/mol. The molecule has 2 heterocycles. The van der Waals surface area contributed by atoms with Crippen LogP contribution in [-0.2, 0) is 3.42 Å². The van der Waals surface area contributed by atoms with Crippen LogP contribution in [-0.4, -0.2) is 20.8 Å². The first kappa shape index (κ1) is 24.5. The maximum Gasteiger partial charge on any atom is 0.141 e. The highest BCUT2D eigenvalue weighted by atomic mass is 127. The minimum atomic E-state index is -1.09. The second-order valence-corrected chi connectivity index (χ2v) is 10.7. The van der Waals surface area contributed by atoms with Gasteiger partial charge in [-0.3, -0.25) is 4.99 Å². The highest BCUT2D eigenvalue weighted by Gasteiger charge is 2.40. The summed E-state index contributed by atoms with van der Waals surface area (Å²) in [7, 11) is 0. The minimum Gasteiger partial charge on any atom is -0.361 e. The number of halogens is 3. The number of H-pyrrole nitrogens is 1. The van der Waals surface area contributed by atoms with Crippen molar-refractivity contribution < 1.29 is 13.3 Å². The molecule has 1 aliphatic rings. The number of fused-ring (bicyclic) bond motifs is 1. The fourth-order valence-corrected chi connectivity index (χ4v) is 5.58. The summed E-state index contributed by atoms with van der Waals surface area (Å²) in [5, 5.41) is 4.13. The molecule has 2 aromatic carbocycles. The summed E-state index contributed by atoms with van der Waals surface area (Å²) in [5.74, 6) is 0.707. The quantitative estimate of drug-likeness (QED) is 0.102. The fraction of sp³-hybridized carbons (Fsp3) is 0.250. The number of imidazole rings is 1. The van der Waals surface area contributed by atoms with Crippen LogP contribution in [0.4, 0.5) is 8.78 Å². The molecule has 184 valence electrons. The summed E-state index contributed by atoms with van der Waals surface area (Å²) in [6, 6.07) is 7.69. The number of nitrogens with one attached hydrogen (secondary N) is 1. The van der Waals surface area contributed by atoms with Gasteiger partial charge < -0.3 is 9.51 Å². The Kier molecular flexibility index (Phi) is 6.40. The number of benzene rings is 2. The van der Waals surface area contributed by atoms with E-state index in [1.807, 2.05) is 32.9 Å². The number of aryl methyl sites for hydroxylation is 2. The predicted octanol–water partition coefficient (Wildman–Crippen LogP) is 7.83. The topological polar surface area (TPSA) is 67.1 Å². The van der Waals surface area contributed by atoms with Gasteiger partial charge in [0.2, 0.25) is 0 Å². The molecule has 4 aromatic rings. The van der Waals surface area contributed by atoms with Gasteiger partial charge in [0.15, 0.2) is 0 Å². The van der Waals surface area contributed by atoms with Crippen LogP contribution in [0.15, 0.2) is 64.8 Å². The number of aromatic nitrogens is 3. The van der Waals surface area contributed by atoms with E-state index in [2.05, 4.69) is 44.3 Å². The lowest BCUT2D eigenvalue weighted by atomic mass is 9.84. The van der Waals surface area contributed by atoms with Gasteiger partial charge in [-0.15, -0.1) is 0 Å². The van der Waals surface area contributed by atoms with E-state index >= 15 is 4.39 Å². The van der Waals surface area contributed by atoms with Crippen LogP contribution in [0.3, 0.4) is 0 Å². The molecular weight excluding hydrogens is 573 g/mol.